The van der Waals surface area contributed by atoms with E-state index in [2.05, 4.69) is 15.6 Å². The number of hydrogen-bond acceptors (Lipinski definition) is 3. The first-order chi connectivity index (χ1) is 14.3. The fourth-order valence-corrected chi connectivity index (χ4v) is 3.85. The first-order valence-corrected chi connectivity index (χ1v) is 10.3. The number of fused-ring (bicyclic) bond motifs is 1. The Balaban J connectivity index is 1.50. The van der Waals surface area contributed by atoms with Crippen molar-refractivity contribution in [3.05, 3.63) is 35.0 Å². The van der Waals surface area contributed by atoms with Crippen molar-refractivity contribution in [3.8, 4) is 0 Å². The number of nitrogens with two attached hydrogens (primary N) is 1. The fraction of sp³-hybridized carbons (Fsp3) is 0.450. The van der Waals surface area contributed by atoms with Crippen LogP contribution in [0.4, 0.5) is 9.59 Å². The van der Waals surface area contributed by atoms with E-state index in [-0.39, 0.29) is 30.9 Å². The third kappa shape index (κ3) is 5.56. The van der Waals surface area contributed by atoms with Crippen LogP contribution in [0.3, 0.4) is 0 Å². The van der Waals surface area contributed by atoms with Crippen LogP contribution < -0.4 is 16.4 Å². The molecule has 0 spiro atoms. The topological polar surface area (TPSA) is 124 Å². The summed E-state index contributed by atoms with van der Waals surface area (Å²) in [4.78, 5) is 42.3. The molecule has 0 bridgehead atoms. The molecule has 10 heteroatoms. The van der Waals surface area contributed by atoms with Crippen molar-refractivity contribution in [2.75, 3.05) is 26.7 Å². The highest BCUT2D eigenvalue weighted by Crippen LogP contribution is 2.20. The molecular weight excluding hydrogens is 408 g/mol. The lowest BCUT2D eigenvalue weighted by molar-refractivity contribution is -0.132. The Bertz CT molecular complexity index is 930. The first-order valence-electron chi connectivity index (χ1n) is 9.92. The van der Waals surface area contributed by atoms with E-state index in [1.165, 1.54) is 0 Å². The number of nitrogens with zero attached hydrogens (tertiary/aromatic N) is 2. The fourth-order valence-electron chi connectivity index (χ4n) is 3.67. The van der Waals surface area contributed by atoms with E-state index in [0.29, 0.717) is 24.7 Å². The molecule has 1 aromatic heterocycles. The molecule has 1 fully saturated rings. The molecule has 0 saturated carbocycles. The Morgan fingerprint density at radius 3 is 2.87 bits per heavy atom. The average Bonchev–Trinajstić information content (AvgIpc) is 3.13. The monoisotopic (exact) mass is 434 g/mol. The molecule has 162 valence electrons. The van der Waals surface area contributed by atoms with Crippen LogP contribution in [0.25, 0.3) is 10.9 Å². The molecule has 30 heavy (non-hydrogen) atoms. The van der Waals surface area contributed by atoms with Crippen molar-refractivity contribution >= 4 is 40.5 Å². The Kier molecular flexibility index (Phi) is 7.04. The maximum Gasteiger partial charge on any atom is 0.317 e. The van der Waals surface area contributed by atoms with Crippen molar-refractivity contribution in [1.82, 2.24) is 25.4 Å². The van der Waals surface area contributed by atoms with Crippen LogP contribution in [0.5, 0.6) is 0 Å². The number of carbonyl (C=O) groups is 3. The van der Waals surface area contributed by atoms with Gasteiger partial charge in [-0.2, -0.15) is 0 Å². The molecule has 0 unspecified atom stereocenters. The van der Waals surface area contributed by atoms with E-state index in [0.717, 1.165) is 29.4 Å². The summed E-state index contributed by atoms with van der Waals surface area (Å²) in [6.45, 7) is 1.70. The second kappa shape index (κ2) is 9.71. The maximum atomic E-state index is 12.6. The van der Waals surface area contributed by atoms with Crippen LogP contribution in [-0.2, 0) is 11.3 Å². The number of likely N-dealkylation sites (N-methyl/N-ethyl adjacent to an activating group) is 1. The molecule has 9 nitrogen and oxygen atoms in total. The van der Waals surface area contributed by atoms with Gasteiger partial charge in [0.1, 0.15) is 0 Å². The molecule has 0 aliphatic carbocycles. The predicted molar refractivity (Wildman–Crippen MR) is 115 cm³/mol. The number of aromatic nitrogens is 1. The zero-order valence-corrected chi connectivity index (χ0v) is 17.7. The highest BCUT2D eigenvalue weighted by molar-refractivity contribution is 6.31. The minimum atomic E-state index is -0.645. The Labute approximate surface area is 179 Å². The molecule has 0 radical (unpaired) electrons. The van der Waals surface area contributed by atoms with E-state index < -0.39 is 6.03 Å². The minimum Gasteiger partial charge on any atom is -0.357 e. The minimum absolute atomic E-state index is 0.0565. The van der Waals surface area contributed by atoms with E-state index in [9.17, 15) is 14.4 Å². The van der Waals surface area contributed by atoms with Crippen molar-refractivity contribution in [2.24, 2.45) is 5.73 Å². The number of H-pyrrole nitrogens is 1. The summed E-state index contributed by atoms with van der Waals surface area (Å²) in [7, 11) is 1.74. The summed E-state index contributed by atoms with van der Waals surface area (Å²) < 4.78 is 0. The van der Waals surface area contributed by atoms with Gasteiger partial charge in [0, 0.05) is 54.7 Å². The van der Waals surface area contributed by atoms with Gasteiger partial charge in [-0.1, -0.05) is 11.6 Å². The molecule has 5 amide bonds. The molecule has 2 aromatic rings. The largest absolute Gasteiger partial charge is 0.357 e. The molecule has 1 aliphatic heterocycles. The van der Waals surface area contributed by atoms with Crippen LogP contribution in [0.2, 0.25) is 5.02 Å². The third-order valence-corrected chi connectivity index (χ3v) is 5.56. The van der Waals surface area contributed by atoms with Crippen molar-refractivity contribution < 1.29 is 14.4 Å². The molecule has 1 atom stereocenters. The number of likely N-dealkylation sites (tertiary alicyclic amines) is 1. The van der Waals surface area contributed by atoms with E-state index in [4.69, 9.17) is 17.3 Å². The summed E-state index contributed by atoms with van der Waals surface area (Å²) >= 11 is 6.02. The SMILES string of the molecule is CN(C(=O)NCc1cc2cc(Cl)ccc2[nH]1)[C@@H]1CCCN(C(=O)CCNC(N)=O)C1. The van der Waals surface area contributed by atoms with Crippen LogP contribution in [0.15, 0.2) is 24.3 Å². The van der Waals surface area contributed by atoms with Gasteiger partial charge in [0.05, 0.1) is 12.6 Å². The van der Waals surface area contributed by atoms with Gasteiger partial charge in [-0.15, -0.1) is 0 Å². The second-order valence-corrected chi connectivity index (χ2v) is 7.91. The summed E-state index contributed by atoms with van der Waals surface area (Å²) in [6, 6.07) is 6.65. The molecule has 3 rings (SSSR count). The summed E-state index contributed by atoms with van der Waals surface area (Å²) in [6.07, 6.45) is 1.84. The Hall–Kier alpha value is -2.94. The van der Waals surface area contributed by atoms with Gasteiger partial charge in [-0.05, 0) is 37.1 Å². The van der Waals surface area contributed by atoms with E-state index in [1.807, 2.05) is 24.3 Å². The van der Waals surface area contributed by atoms with Crippen LogP contribution in [0, 0.1) is 0 Å². The van der Waals surface area contributed by atoms with Crippen molar-refractivity contribution in [2.45, 2.75) is 31.8 Å². The number of urea groups is 2. The highest BCUT2D eigenvalue weighted by atomic mass is 35.5. The maximum absolute atomic E-state index is 12.6. The van der Waals surface area contributed by atoms with Crippen LogP contribution in [0.1, 0.15) is 25.0 Å². The van der Waals surface area contributed by atoms with Gasteiger partial charge in [-0.3, -0.25) is 4.79 Å². The van der Waals surface area contributed by atoms with Gasteiger partial charge in [0.15, 0.2) is 0 Å². The zero-order valence-electron chi connectivity index (χ0n) is 16.9. The number of benzene rings is 1. The lowest BCUT2D eigenvalue weighted by Crippen LogP contribution is -2.52. The lowest BCUT2D eigenvalue weighted by Gasteiger charge is -2.37. The van der Waals surface area contributed by atoms with Gasteiger partial charge in [-0.25, -0.2) is 9.59 Å². The first kappa shape index (κ1) is 21.8. The zero-order chi connectivity index (χ0) is 21.7. The lowest BCUT2D eigenvalue weighted by atomic mass is 10.0. The molecule has 1 saturated heterocycles. The summed E-state index contributed by atoms with van der Waals surface area (Å²) in [5.41, 5.74) is 6.86. The smallest absolute Gasteiger partial charge is 0.317 e. The quantitative estimate of drug-likeness (QED) is 0.555. The van der Waals surface area contributed by atoms with Gasteiger partial charge >= 0.3 is 12.1 Å². The van der Waals surface area contributed by atoms with Gasteiger partial charge in [0.2, 0.25) is 5.91 Å². The number of piperidine rings is 1. The number of rotatable bonds is 6. The Morgan fingerprint density at radius 2 is 2.10 bits per heavy atom. The second-order valence-electron chi connectivity index (χ2n) is 7.47. The van der Waals surface area contributed by atoms with E-state index in [1.54, 1.807) is 16.8 Å². The number of nitrogens with one attached hydrogen (secondary N) is 3. The molecule has 1 aromatic carbocycles. The van der Waals surface area contributed by atoms with Gasteiger partial charge < -0.3 is 31.2 Å². The molecule has 2 heterocycles. The number of amides is 5. The normalized spacial score (nSPS) is 16.3. The average molecular weight is 435 g/mol. The standard InChI is InChI=1S/C20H27ClN6O3/c1-26(16-3-2-8-27(12-16)18(28)6-7-23-19(22)29)20(30)24-11-15-10-13-9-14(21)4-5-17(13)25-15/h4-5,9-10,16,25H,2-3,6-8,11-12H2,1H3,(H,24,30)(H3,22,23,29)/t16-/m1/s1. The third-order valence-electron chi connectivity index (χ3n) is 5.32. The number of halogens is 1. The van der Waals surface area contributed by atoms with Crippen molar-refractivity contribution in [1.29, 1.82) is 0 Å². The van der Waals surface area contributed by atoms with Crippen molar-refractivity contribution in [3.63, 3.8) is 0 Å². The number of aromatic amines is 1. The van der Waals surface area contributed by atoms with Gasteiger partial charge in [0.25, 0.3) is 0 Å². The molecule has 5 N–H and O–H groups in total. The number of primary amides is 1. The highest BCUT2D eigenvalue weighted by Gasteiger charge is 2.28. The van der Waals surface area contributed by atoms with E-state index >= 15 is 0 Å². The summed E-state index contributed by atoms with van der Waals surface area (Å²) in [5.74, 6) is -0.0565. The van der Waals surface area contributed by atoms with Crippen LogP contribution >= 0.6 is 11.6 Å². The predicted octanol–water partition coefficient (Wildman–Crippen LogP) is 2.01. The molecule has 1 aliphatic rings. The summed E-state index contributed by atoms with van der Waals surface area (Å²) in [5, 5.41) is 7.00. The Morgan fingerprint density at radius 1 is 1.30 bits per heavy atom. The number of carbonyl (C=O) groups excluding carboxylic acids is 3. The number of hydrogen-bond donors (Lipinski definition) is 4. The molecular formula is C20H27ClN6O3. The van der Waals surface area contributed by atoms with Crippen LogP contribution in [-0.4, -0.2) is 65.5 Å².